The second-order valence-electron chi connectivity index (χ2n) is 13.3. The smallest absolute Gasteiger partial charge is 0.422 e. The van der Waals surface area contributed by atoms with E-state index >= 15 is 0 Å². The van der Waals surface area contributed by atoms with E-state index in [1.807, 2.05) is 25.1 Å². The quantitative estimate of drug-likeness (QED) is 0.191. The fourth-order valence-electron chi connectivity index (χ4n) is 7.76. The van der Waals surface area contributed by atoms with Crippen molar-refractivity contribution in [3.8, 4) is 16.9 Å². The Balaban J connectivity index is 1.41. The Morgan fingerprint density at radius 2 is 1.85 bits per heavy atom. The van der Waals surface area contributed by atoms with Crippen LogP contribution in [0.3, 0.4) is 0 Å². The number of rotatable bonds is 8. The van der Waals surface area contributed by atoms with Crippen molar-refractivity contribution in [1.82, 2.24) is 25.5 Å². The number of alkyl halides is 3. The maximum Gasteiger partial charge on any atom is 0.422 e. The highest BCUT2D eigenvalue weighted by Crippen LogP contribution is 2.47. The summed E-state index contributed by atoms with van der Waals surface area (Å²) in [6.45, 7) is 9.51. The molecule has 7 rings (SSSR count). The third-order valence-corrected chi connectivity index (χ3v) is 10.3. The Morgan fingerprint density at radius 1 is 1.11 bits per heavy atom. The summed E-state index contributed by atoms with van der Waals surface area (Å²) in [5.74, 6) is 1.55. The van der Waals surface area contributed by atoms with Gasteiger partial charge in [-0.3, -0.25) is 9.89 Å². The van der Waals surface area contributed by atoms with E-state index in [0.29, 0.717) is 46.8 Å². The summed E-state index contributed by atoms with van der Waals surface area (Å²) in [4.78, 5) is 24.6. The van der Waals surface area contributed by atoms with Gasteiger partial charge in [-0.2, -0.15) is 18.3 Å². The number of piperidine rings is 1. The van der Waals surface area contributed by atoms with Gasteiger partial charge in [0.1, 0.15) is 17.2 Å². The largest absolute Gasteiger partial charge is 0.481 e. The van der Waals surface area contributed by atoms with Crippen molar-refractivity contribution in [2.75, 3.05) is 24.6 Å². The number of ketones is 1. The molecule has 1 spiro atoms. The summed E-state index contributed by atoms with van der Waals surface area (Å²) in [6.07, 6.45) is 7.67. The lowest BCUT2D eigenvalue weighted by atomic mass is 9.73. The Kier molecular flexibility index (Phi) is 8.06. The molecule has 246 valence electrons. The number of carbonyl (C=O) groups excluding carboxylic acids is 1. The molecule has 1 unspecified atom stereocenters. The van der Waals surface area contributed by atoms with Gasteiger partial charge in [0.15, 0.2) is 18.1 Å². The number of H-pyrrole nitrogens is 1. The number of anilines is 1. The summed E-state index contributed by atoms with van der Waals surface area (Å²) in [5, 5.41) is 12.1. The van der Waals surface area contributed by atoms with Crippen LogP contribution in [0.5, 0.6) is 5.75 Å². The van der Waals surface area contributed by atoms with Crippen LogP contribution in [-0.4, -0.2) is 63.4 Å². The van der Waals surface area contributed by atoms with Gasteiger partial charge >= 0.3 is 6.18 Å². The van der Waals surface area contributed by atoms with Crippen molar-refractivity contribution in [3.05, 3.63) is 60.6 Å². The van der Waals surface area contributed by atoms with Crippen molar-refractivity contribution in [2.24, 2.45) is 0 Å². The number of ether oxygens (including phenoxy) is 1. The SMILES string of the molecule is C=CC(=O)C1CC2(CCN(c3nc(C4CCCCC4)nc4c(OCC(F)(F)F)c(-c5c(C)ccc6[nH]ncc56)c(C=C)cc34)CC2)N1. The molecule has 2 saturated heterocycles. The monoisotopic (exact) mass is 644 g/mol. The summed E-state index contributed by atoms with van der Waals surface area (Å²) in [7, 11) is 0. The molecule has 0 amide bonds. The minimum absolute atomic E-state index is 0.0115. The first-order valence-electron chi connectivity index (χ1n) is 16.4. The number of hydrogen-bond acceptors (Lipinski definition) is 7. The summed E-state index contributed by atoms with van der Waals surface area (Å²) in [6, 6.07) is 5.58. The van der Waals surface area contributed by atoms with Gasteiger partial charge in [-0.15, -0.1) is 0 Å². The van der Waals surface area contributed by atoms with Crippen molar-refractivity contribution in [3.63, 3.8) is 0 Å². The number of nitrogens with one attached hydrogen (secondary N) is 2. The van der Waals surface area contributed by atoms with Crippen LogP contribution < -0.4 is 15.0 Å². The van der Waals surface area contributed by atoms with Crippen LogP contribution in [0.4, 0.5) is 19.0 Å². The number of aromatic amines is 1. The van der Waals surface area contributed by atoms with Crippen LogP contribution in [0.25, 0.3) is 39.0 Å². The first kappa shape index (κ1) is 31.4. The van der Waals surface area contributed by atoms with E-state index in [4.69, 9.17) is 14.7 Å². The van der Waals surface area contributed by atoms with Gasteiger partial charge in [0.05, 0.1) is 17.8 Å². The van der Waals surface area contributed by atoms with Crippen molar-refractivity contribution >= 4 is 39.5 Å². The summed E-state index contributed by atoms with van der Waals surface area (Å²) < 4.78 is 47.4. The Bertz CT molecular complexity index is 1860. The second-order valence-corrected chi connectivity index (χ2v) is 13.3. The third kappa shape index (κ3) is 5.79. The molecule has 3 aliphatic rings. The number of fused-ring (bicyclic) bond motifs is 2. The number of hydrogen-bond donors (Lipinski definition) is 2. The number of benzene rings is 2. The highest BCUT2D eigenvalue weighted by Gasteiger charge is 2.47. The molecule has 1 atom stereocenters. The fourth-order valence-corrected chi connectivity index (χ4v) is 7.76. The van der Waals surface area contributed by atoms with Gasteiger partial charge in [0.25, 0.3) is 0 Å². The van der Waals surface area contributed by atoms with Gasteiger partial charge in [0.2, 0.25) is 0 Å². The Morgan fingerprint density at radius 3 is 2.53 bits per heavy atom. The van der Waals surface area contributed by atoms with Crippen molar-refractivity contribution in [1.29, 1.82) is 0 Å². The lowest BCUT2D eigenvalue weighted by Crippen LogP contribution is -2.69. The maximum atomic E-state index is 13.9. The average molecular weight is 645 g/mol. The molecular formula is C36H39F3N6O2. The standard InChI is InChI=1S/C36H39F3N6O2/c1-4-22-17-24-31(32(47-20-36(37,38)39)30(22)29-21(3)11-12-26-25(29)19-40-44-26)41-33(23-9-7-6-8-10-23)42-34(24)45-15-13-35(14-16-45)18-27(43-35)28(46)5-2/h4-5,11-12,17,19,23,27,43H,1-2,6-10,13-16,18,20H2,3H3,(H,40,44). The van der Waals surface area contributed by atoms with Gasteiger partial charge < -0.3 is 15.0 Å². The molecule has 3 fully saturated rings. The van der Waals surface area contributed by atoms with Gasteiger partial charge in [0, 0.05) is 40.9 Å². The molecule has 47 heavy (non-hydrogen) atoms. The highest BCUT2D eigenvalue weighted by molar-refractivity contribution is 6.07. The third-order valence-electron chi connectivity index (χ3n) is 10.3. The Labute approximate surface area is 271 Å². The molecule has 8 nitrogen and oxygen atoms in total. The van der Waals surface area contributed by atoms with Gasteiger partial charge in [-0.05, 0) is 73.9 Å². The van der Waals surface area contributed by atoms with E-state index in [0.717, 1.165) is 73.4 Å². The molecular weight excluding hydrogens is 605 g/mol. The topological polar surface area (TPSA) is 96.0 Å². The molecule has 0 radical (unpaired) electrons. The zero-order chi connectivity index (χ0) is 32.9. The molecule has 2 N–H and O–H groups in total. The first-order valence-corrected chi connectivity index (χ1v) is 16.4. The number of aryl methyl sites for hydroxylation is 1. The molecule has 2 aromatic heterocycles. The van der Waals surface area contributed by atoms with E-state index in [-0.39, 0.29) is 29.0 Å². The molecule has 2 aliphatic heterocycles. The van der Waals surface area contributed by atoms with E-state index < -0.39 is 12.8 Å². The van der Waals surface area contributed by atoms with Crippen LogP contribution >= 0.6 is 0 Å². The predicted octanol–water partition coefficient (Wildman–Crippen LogP) is 7.57. The molecule has 0 bridgehead atoms. The second kappa shape index (κ2) is 12.1. The van der Waals surface area contributed by atoms with Crippen molar-refractivity contribution in [2.45, 2.75) is 82.0 Å². The zero-order valence-corrected chi connectivity index (χ0v) is 26.6. The Hall–Kier alpha value is -4.25. The van der Waals surface area contributed by atoms with Gasteiger partial charge in [-0.1, -0.05) is 44.6 Å². The van der Waals surface area contributed by atoms with Crippen LogP contribution in [0.1, 0.15) is 74.2 Å². The van der Waals surface area contributed by atoms with Crippen LogP contribution in [0.2, 0.25) is 0 Å². The van der Waals surface area contributed by atoms with E-state index in [1.165, 1.54) is 6.08 Å². The normalized spacial score (nSPS) is 20.0. The average Bonchev–Trinajstić information content (AvgIpc) is 3.54. The van der Waals surface area contributed by atoms with Crippen LogP contribution in [-0.2, 0) is 4.79 Å². The predicted molar refractivity (Wildman–Crippen MR) is 178 cm³/mol. The lowest BCUT2D eigenvalue weighted by molar-refractivity contribution is -0.153. The van der Waals surface area contributed by atoms with Crippen LogP contribution in [0.15, 0.2) is 43.6 Å². The fraction of sp³-hybridized carbons (Fsp3) is 0.444. The molecule has 1 saturated carbocycles. The number of halogens is 3. The van der Waals surface area contributed by atoms with E-state index in [9.17, 15) is 18.0 Å². The minimum atomic E-state index is -4.56. The zero-order valence-electron chi connectivity index (χ0n) is 26.6. The summed E-state index contributed by atoms with van der Waals surface area (Å²) in [5.41, 5.74) is 3.75. The molecule has 2 aromatic carbocycles. The van der Waals surface area contributed by atoms with Crippen LogP contribution in [0, 0.1) is 6.92 Å². The van der Waals surface area contributed by atoms with E-state index in [2.05, 4.69) is 33.6 Å². The maximum absolute atomic E-state index is 13.9. The first-order chi connectivity index (χ1) is 22.6. The highest BCUT2D eigenvalue weighted by atomic mass is 19.4. The number of aromatic nitrogens is 4. The number of nitrogens with zero attached hydrogens (tertiary/aromatic N) is 4. The van der Waals surface area contributed by atoms with Gasteiger partial charge in [-0.25, -0.2) is 9.97 Å². The molecule has 4 aromatic rings. The number of carbonyl (C=O) groups is 1. The minimum Gasteiger partial charge on any atom is -0.481 e. The lowest BCUT2D eigenvalue weighted by Gasteiger charge is -2.52. The molecule has 4 heterocycles. The van der Waals surface area contributed by atoms with Crippen molar-refractivity contribution < 1.29 is 22.7 Å². The van der Waals surface area contributed by atoms with E-state index in [1.54, 1.807) is 12.3 Å². The molecule has 1 aliphatic carbocycles. The molecule has 11 heteroatoms. The summed E-state index contributed by atoms with van der Waals surface area (Å²) >= 11 is 0.